The standard InChI is InChI=1S/C25H35N5O4S/c1-3-4-5-17-6-7-21(34-2)19(14-17)20-16-35-23(28-20)29-22(31)25(9-11-26-12-10-25)30-13-8-18(15-30)27-24(32)33/h6-7,14,16,18,26-27H,3-5,8-13,15H2,1-2H3,(H,32,33)(H,28,29,31). The molecule has 0 saturated carbocycles. The van der Waals surface area contributed by atoms with Crippen LogP contribution in [0.4, 0.5) is 9.93 Å². The summed E-state index contributed by atoms with van der Waals surface area (Å²) in [6, 6.07) is 6.04. The van der Waals surface area contributed by atoms with Crippen LogP contribution in [0.1, 0.15) is 44.6 Å². The molecule has 10 heteroatoms. The summed E-state index contributed by atoms with van der Waals surface area (Å²) in [6.45, 7) is 4.88. The summed E-state index contributed by atoms with van der Waals surface area (Å²) in [4.78, 5) is 31.7. The van der Waals surface area contributed by atoms with Gasteiger partial charge in [0.2, 0.25) is 5.91 Å². The maximum Gasteiger partial charge on any atom is 0.404 e. The van der Waals surface area contributed by atoms with Crippen molar-refractivity contribution in [3.8, 4) is 17.0 Å². The lowest BCUT2D eigenvalue weighted by molar-refractivity contribution is -0.129. The zero-order chi connectivity index (χ0) is 24.8. The molecule has 2 aromatic rings. The number of piperidine rings is 1. The Labute approximate surface area is 210 Å². The number of hydrogen-bond donors (Lipinski definition) is 4. The van der Waals surface area contributed by atoms with E-state index in [9.17, 15) is 9.59 Å². The molecule has 1 aromatic carbocycles. The van der Waals surface area contributed by atoms with Crippen molar-refractivity contribution in [2.24, 2.45) is 0 Å². The Morgan fingerprint density at radius 2 is 2.14 bits per heavy atom. The van der Waals surface area contributed by atoms with E-state index in [-0.39, 0.29) is 11.9 Å². The highest BCUT2D eigenvalue weighted by Gasteiger charge is 2.47. The first-order chi connectivity index (χ1) is 16.9. The van der Waals surface area contributed by atoms with Crippen molar-refractivity contribution in [2.45, 2.75) is 57.0 Å². The van der Waals surface area contributed by atoms with E-state index < -0.39 is 11.6 Å². The Hall–Kier alpha value is -2.69. The molecule has 35 heavy (non-hydrogen) atoms. The number of nitrogens with one attached hydrogen (secondary N) is 3. The number of amides is 2. The van der Waals surface area contributed by atoms with Gasteiger partial charge in [0.25, 0.3) is 0 Å². The number of likely N-dealkylation sites (tertiary alicyclic amines) is 1. The molecule has 1 aromatic heterocycles. The number of methoxy groups -OCH3 is 1. The Balaban J connectivity index is 1.52. The lowest BCUT2D eigenvalue weighted by atomic mass is 9.85. The second-order valence-electron chi connectivity index (χ2n) is 9.29. The molecular weight excluding hydrogens is 466 g/mol. The molecule has 4 N–H and O–H groups in total. The van der Waals surface area contributed by atoms with E-state index in [1.807, 2.05) is 11.4 Å². The molecule has 9 nitrogen and oxygen atoms in total. The molecule has 0 aliphatic carbocycles. The van der Waals surface area contributed by atoms with E-state index in [4.69, 9.17) is 14.8 Å². The van der Waals surface area contributed by atoms with Crippen LogP contribution in [0.2, 0.25) is 0 Å². The van der Waals surface area contributed by atoms with Crippen LogP contribution in [0.3, 0.4) is 0 Å². The lowest BCUT2D eigenvalue weighted by Gasteiger charge is -2.43. The molecule has 0 radical (unpaired) electrons. The van der Waals surface area contributed by atoms with Crippen molar-refractivity contribution >= 4 is 28.5 Å². The minimum Gasteiger partial charge on any atom is -0.496 e. The highest BCUT2D eigenvalue weighted by molar-refractivity contribution is 7.14. The molecular formula is C25H35N5O4S. The quantitative estimate of drug-likeness (QED) is 0.415. The molecule has 2 saturated heterocycles. The third kappa shape index (κ3) is 5.76. The number of aromatic nitrogens is 1. The van der Waals surface area contributed by atoms with Crippen molar-refractivity contribution < 1.29 is 19.4 Å². The zero-order valence-electron chi connectivity index (χ0n) is 20.4. The molecule has 0 spiro atoms. The van der Waals surface area contributed by atoms with E-state index in [1.54, 1.807) is 7.11 Å². The van der Waals surface area contributed by atoms with Gasteiger partial charge in [0.15, 0.2) is 5.13 Å². The van der Waals surface area contributed by atoms with Gasteiger partial charge in [0.05, 0.1) is 12.8 Å². The van der Waals surface area contributed by atoms with Crippen LogP contribution in [0.15, 0.2) is 23.6 Å². The summed E-state index contributed by atoms with van der Waals surface area (Å²) >= 11 is 1.41. The van der Waals surface area contributed by atoms with E-state index in [0.717, 1.165) is 49.4 Å². The fourth-order valence-corrected chi connectivity index (χ4v) is 5.83. The van der Waals surface area contributed by atoms with Crippen LogP contribution < -0.4 is 20.7 Å². The number of rotatable bonds is 9. The molecule has 4 rings (SSSR count). The van der Waals surface area contributed by atoms with Crippen molar-refractivity contribution in [3.05, 3.63) is 29.1 Å². The highest BCUT2D eigenvalue weighted by Crippen LogP contribution is 2.35. The predicted octanol–water partition coefficient (Wildman–Crippen LogP) is 3.56. The highest BCUT2D eigenvalue weighted by atomic mass is 32.1. The third-order valence-corrected chi connectivity index (χ3v) is 7.82. The average molecular weight is 502 g/mol. The topological polar surface area (TPSA) is 116 Å². The second kappa shape index (κ2) is 11.4. The van der Waals surface area contributed by atoms with Gasteiger partial charge in [-0.1, -0.05) is 19.4 Å². The number of carboxylic acid groups (broad SMARTS) is 1. The van der Waals surface area contributed by atoms with Gasteiger partial charge in [-0.3, -0.25) is 9.69 Å². The van der Waals surface area contributed by atoms with Crippen LogP contribution in [0.5, 0.6) is 5.75 Å². The van der Waals surface area contributed by atoms with Gasteiger partial charge in [0.1, 0.15) is 11.3 Å². The zero-order valence-corrected chi connectivity index (χ0v) is 21.2. The number of aryl methyl sites for hydroxylation is 1. The first-order valence-corrected chi connectivity index (χ1v) is 13.2. The number of unbranched alkanes of at least 4 members (excludes halogenated alkanes) is 1. The van der Waals surface area contributed by atoms with E-state index in [2.05, 4.69) is 39.9 Å². The smallest absolute Gasteiger partial charge is 0.404 e. The second-order valence-corrected chi connectivity index (χ2v) is 10.2. The Morgan fingerprint density at radius 1 is 1.34 bits per heavy atom. The first kappa shape index (κ1) is 25.4. The van der Waals surface area contributed by atoms with Crippen molar-refractivity contribution in [1.82, 2.24) is 20.5 Å². The van der Waals surface area contributed by atoms with E-state index in [0.29, 0.717) is 37.5 Å². The molecule has 2 aliphatic heterocycles. The number of carbonyl (C=O) groups is 2. The minimum absolute atomic E-state index is 0.0699. The molecule has 0 bridgehead atoms. The van der Waals surface area contributed by atoms with Crippen molar-refractivity contribution in [3.63, 3.8) is 0 Å². The Bertz CT molecular complexity index is 1040. The summed E-state index contributed by atoms with van der Waals surface area (Å²) in [5.74, 6) is 0.692. The molecule has 3 heterocycles. The fourth-order valence-electron chi connectivity index (χ4n) is 5.13. The van der Waals surface area contributed by atoms with Gasteiger partial charge in [0, 0.05) is 30.1 Å². The summed E-state index contributed by atoms with van der Waals surface area (Å²) in [5, 5.41) is 20.6. The van der Waals surface area contributed by atoms with Crippen LogP contribution >= 0.6 is 11.3 Å². The lowest BCUT2D eigenvalue weighted by Crippen LogP contribution is -2.61. The monoisotopic (exact) mass is 501 g/mol. The molecule has 190 valence electrons. The number of carbonyl (C=O) groups excluding carboxylic acids is 1. The number of nitrogens with zero attached hydrogens (tertiary/aromatic N) is 2. The van der Waals surface area contributed by atoms with Gasteiger partial charge in [-0.25, -0.2) is 9.78 Å². The Morgan fingerprint density at radius 3 is 2.86 bits per heavy atom. The number of hydrogen-bond acceptors (Lipinski definition) is 7. The van der Waals surface area contributed by atoms with E-state index >= 15 is 0 Å². The third-order valence-electron chi connectivity index (χ3n) is 7.06. The molecule has 2 amide bonds. The van der Waals surface area contributed by atoms with Crippen LogP contribution in [-0.4, -0.2) is 71.9 Å². The number of benzene rings is 1. The van der Waals surface area contributed by atoms with Gasteiger partial charge in [-0.05, 0) is 62.9 Å². The minimum atomic E-state index is -1.02. The van der Waals surface area contributed by atoms with Gasteiger partial charge >= 0.3 is 6.09 Å². The van der Waals surface area contributed by atoms with Crippen LogP contribution in [0.25, 0.3) is 11.3 Å². The number of anilines is 1. The summed E-state index contributed by atoms with van der Waals surface area (Å²) in [7, 11) is 1.66. The summed E-state index contributed by atoms with van der Waals surface area (Å²) < 4.78 is 5.58. The summed E-state index contributed by atoms with van der Waals surface area (Å²) in [5.41, 5.74) is 2.28. The largest absolute Gasteiger partial charge is 0.496 e. The van der Waals surface area contributed by atoms with Crippen LogP contribution in [-0.2, 0) is 11.2 Å². The first-order valence-electron chi connectivity index (χ1n) is 12.3. The van der Waals surface area contributed by atoms with Gasteiger partial charge in [-0.15, -0.1) is 11.3 Å². The van der Waals surface area contributed by atoms with Crippen molar-refractivity contribution in [2.75, 3.05) is 38.6 Å². The molecule has 1 unspecified atom stereocenters. The molecule has 2 aliphatic rings. The fraction of sp³-hybridized carbons (Fsp3) is 0.560. The van der Waals surface area contributed by atoms with Crippen molar-refractivity contribution in [1.29, 1.82) is 0 Å². The Kier molecular flexibility index (Phi) is 8.25. The molecule has 2 fully saturated rings. The van der Waals surface area contributed by atoms with E-state index in [1.165, 1.54) is 16.9 Å². The summed E-state index contributed by atoms with van der Waals surface area (Å²) in [6.07, 6.45) is 4.28. The van der Waals surface area contributed by atoms with Crippen LogP contribution in [0, 0.1) is 0 Å². The molecule has 1 atom stereocenters. The number of thiazole rings is 1. The van der Waals surface area contributed by atoms with Gasteiger partial charge < -0.3 is 25.8 Å². The SMILES string of the molecule is CCCCc1ccc(OC)c(-c2csc(NC(=O)C3(N4CCC(NC(=O)O)C4)CCNCC3)n2)c1. The maximum atomic E-state index is 13.7. The number of ether oxygens (including phenoxy) is 1. The maximum absolute atomic E-state index is 13.7. The predicted molar refractivity (Wildman–Crippen MR) is 137 cm³/mol. The average Bonchev–Trinajstić information content (AvgIpc) is 3.52. The normalized spacial score (nSPS) is 19.9. The van der Waals surface area contributed by atoms with Gasteiger partial charge in [-0.2, -0.15) is 0 Å².